The second-order valence-electron chi connectivity index (χ2n) is 4.44. The van der Waals surface area contributed by atoms with E-state index in [-0.39, 0.29) is 5.96 Å². The average Bonchev–Trinajstić information content (AvgIpc) is 2.56. The third-order valence-electron chi connectivity index (χ3n) is 2.78. The first kappa shape index (κ1) is 16.0. The zero-order valence-electron chi connectivity index (χ0n) is 12.5. The maximum Gasteiger partial charge on any atom is 0.343 e. The Morgan fingerprint density at radius 3 is 2.48 bits per heavy atom. The molecule has 2 aromatic carbocycles. The molecular weight excluding hydrogens is 296 g/mol. The fraction of sp³-hybridized carbons (Fsp3) is 0.0625. The molecule has 0 unspecified atom stereocenters. The number of esters is 1. The lowest BCUT2D eigenvalue weighted by atomic mass is 10.2. The Bertz CT molecular complexity index is 738. The minimum atomic E-state index is -0.467. The molecule has 0 fully saturated rings. The van der Waals surface area contributed by atoms with Crippen LogP contribution >= 0.6 is 0 Å². The van der Waals surface area contributed by atoms with Gasteiger partial charge in [0.25, 0.3) is 0 Å². The Kier molecular flexibility index (Phi) is 5.30. The summed E-state index contributed by atoms with van der Waals surface area (Å²) in [4.78, 5) is 12.1. The predicted octanol–water partition coefficient (Wildman–Crippen LogP) is 1.52. The van der Waals surface area contributed by atoms with Crippen molar-refractivity contribution < 1.29 is 14.3 Å². The van der Waals surface area contributed by atoms with E-state index in [1.807, 2.05) is 6.07 Å². The van der Waals surface area contributed by atoms with Crippen molar-refractivity contribution in [3.63, 3.8) is 0 Å². The number of guanidine groups is 1. The number of carbonyl (C=O) groups excluding carboxylic acids is 1. The van der Waals surface area contributed by atoms with Gasteiger partial charge in [0.2, 0.25) is 5.96 Å². The first-order valence-electron chi connectivity index (χ1n) is 6.67. The van der Waals surface area contributed by atoms with Gasteiger partial charge in [-0.05, 0) is 35.9 Å². The zero-order valence-corrected chi connectivity index (χ0v) is 12.5. The average molecular weight is 312 g/mol. The van der Waals surface area contributed by atoms with Gasteiger partial charge in [-0.25, -0.2) is 4.79 Å². The summed E-state index contributed by atoms with van der Waals surface area (Å²) in [5.74, 6) is 0.0933. The van der Waals surface area contributed by atoms with E-state index in [2.05, 4.69) is 10.2 Å². The summed E-state index contributed by atoms with van der Waals surface area (Å²) < 4.78 is 10.6. The standard InChI is InChI=1S/C16H16N4O3/c1-22-14-9-11(10-19-20-16(17)18)7-8-13(14)23-15(21)12-5-3-2-4-6-12/h2-10H,1H3,(H4,17,18,20)/b19-10+. The van der Waals surface area contributed by atoms with Crippen molar-refractivity contribution in [1.82, 2.24) is 0 Å². The molecule has 4 N–H and O–H groups in total. The smallest absolute Gasteiger partial charge is 0.343 e. The van der Waals surface area contributed by atoms with Crippen LogP contribution in [0, 0.1) is 0 Å². The molecule has 0 radical (unpaired) electrons. The molecule has 0 atom stereocenters. The van der Waals surface area contributed by atoms with Gasteiger partial charge in [-0.1, -0.05) is 18.2 Å². The number of benzene rings is 2. The molecule has 7 nitrogen and oxygen atoms in total. The van der Waals surface area contributed by atoms with Crippen LogP contribution in [-0.4, -0.2) is 25.3 Å². The largest absolute Gasteiger partial charge is 0.493 e. The molecule has 0 amide bonds. The normalized spacial score (nSPS) is 10.3. The summed E-state index contributed by atoms with van der Waals surface area (Å²) in [7, 11) is 1.48. The Morgan fingerprint density at radius 1 is 1.09 bits per heavy atom. The molecule has 0 saturated carbocycles. The minimum absolute atomic E-state index is 0.137. The number of hydrogen-bond acceptors (Lipinski definition) is 5. The fourth-order valence-corrected chi connectivity index (χ4v) is 1.74. The van der Waals surface area contributed by atoms with E-state index in [9.17, 15) is 4.79 Å². The lowest BCUT2D eigenvalue weighted by Crippen LogP contribution is -2.21. The highest BCUT2D eigenvalue weighted by Crippen LogP contribution is 2.28. The van der Waals surface area contributed by atoms with Crippen LogP contribution in [0.3, 0.4) is 0 Å². The number of hydrogen-bond donors (Lipinski definition) is 2. The van der Waals surface area contributed by atoms with E-state index in [4.69, 9.17) is 20.9 Å². The lowest BCUT2D eigenvalue weighted by molar-refractivity contribution is 0.0729. The first-order chi connectivity index (χ1) is 11.1. The van der Waals surface area contributed by atoms with Crippen LogP contribution in [0.15, 0.2) is 58.7 Å². The Balaban J connectivity index is 2.18. The number of rotatable bonds is 5. The maximum atomic E-state index is 12.1. The first-order valence-corrected chi connectivity index (χ1v) is 6.67. The third-order valence-corrected chi connectivity index (χ3v) is 2.78. The lowest BCUT2D eigenvalue weighted by Gasteiger charge is -2.09. The Labute approximate surface area is 133 Å². The molecule has 0 heterocycles. The molecule has 23 heavy (non-hydrogen) atoms. The van der Waals surface area contributed by atoms with Gasteiger partial charge in [-0.15, -0.1) is 5.10 Å². The van der Waals surface area contributed by atoms with Crippen molar-refractivity contribution in [3.8, 4) is 11.5 Å². The van der Waals surface area contributed by atoms with E-state index in [1.165, 1.54) is 13.3 Å². The number of nitrogens with two attached hydrogens (primary N) is 2. The molecule has 0 aliphatic carbocycles. The van der Waals surface area contributed by atoms with Crippen molar-refractivity contribution in [3.05, 3.63) is 59.7 Å². The minimum Gasteiger partial charge on any atom is -0.493 e. The molecule has 7 heteroatoms. The van der Waals surface area contributed by atoms with Gasteiger partial charge in [0.05, 0.1) is 18.9 Å². The molecule has 118 valence electrons. The van der Waals surface area contributed by atoms with Crippen LogP contribution in [0.2, 0.25) is 0 Å². The van der Waals surface area contributed by atoms with Gasteiger partial charge >= 0.3 is 5.97 Å². The Hall–Kier alpha value is -3.35. The summed E-state index contributed by atoms with van der Waals surface area (Å²) in [6.07, 6.45) is 1.45. The van der Waals surface area contributed by atoms with Crippen molar-refractivity contribution >= 4 is 18.1 Å². The summed E-state index contributed by atoms with van der Waals surface area (Å²) in [5.41, 5.74) is 11.5. The third kappa shape index (κ3) is 4.57. The van der Waals surface area contributed by atoms with Crippen LogP contribution in [0.1, 0.15) is 15.9 Å². The number of methoxy groups -OCH3 is 1. The second-order valence-corrected chi connectivity index (χ2v) is 4.44. The van der Waals surface area contributed by atoms with Crippen molar-refractivity contribution in [2.75, 3.05) is 7.11 Å². The quantitative estimate of drug-likeness (QED) is 0.286. The number of nitrogens with zero attached hydrogens (tertiary/aromatic N) is 2. The SMILES string of the molecule is COc1cc(/C=N/N=C(N)N)ccc1OC(=O)c1ccccc1. The second kappa shape index (κ2) is 7.60. The maximum absolute atomic E-state index is 12.1. The van der Waals surface area contributed by atoms with Crippen molar-refractivity contribution in [1.29, 1.82) is 0 Å². The van der Waals surface area contributed by atoms with Crippen LogP contribution in [-0.2, 0) is 0 Å². The van der Waals surface area contributed by atoms with Crippen LogP contribution in [0.4, 0.5) is 0 Å². The summed E-state index contributed by atoms with van der Waals surface area (Å²) in [6, 6.07) is 13.6. The molecule has 2 aromatic rings. The van der Waals surface area contributed by atoms with Gasteiger partial charge in [-0.3, -0.25) is 0 Å². The molecular formula is C16H16N4O3. The van der Waals surface area contributed by atoms with Crippen LogP contribution in [0.5, 0.6) is 11.5 Å². The van der Waals surface area contributed by atoms with Crippen LogP contribution < -0.4 is 20.9 Å². The summed E-state index contributed by atoms with van der Waals surface area (Å²) in [5, 5.41) is 7.21. The predicted molar refractivity (Wildman–Crippen MR) is 87.8 cm³/mol. The molecule has 0 aliphatic rings. The van der Waals surface area contributed by atoms with E-state index in [0.717, 1.165) is 0 Å². The molecule has 2 rings (SSSR count). The number of carbonyl (C=O) groups is 1. The highest BCUT2D eigenvalue weighted by molar-refractivity contribution is 5.91. The molecule has 0 saturated heterocycles. The van der Waals surface area contributed by atoms with E-state index < -0.39 is 5.97 Å². The van der Waals surface area contributed by atoms with E-state index in [0.29, 0.717) is 22.6 Å². The summed E-state index contributed by atoms with van der Waals surface area (Å²) >= 11 is 0. The van der Waals surface area contributed by atoms with Gasteiger partial charge in [0.1, 0.15) is 0 Å². The van der Waals surface area contributed by atoms with Crippen LogP contribution in [0.25, 0.3) is 0 Å². The topological polar surface area (TPSA) is 112 Å². The highest BCUT2D eigenvalue weighted by atomic mass is 16.6. The summed E-state index contributed by atoms with van der Waals surface area (Å²) in [6.45, 7) is 0. The molecule has 0 bridgehead atoms. The Morgan fingerprint density at radius 2 is 1.83 bits per heavy atom. The van der Waals surface area contributed by atoms with E-state index >= 15 is 0 Å². The van der Waals surface area contributed by atoms with Gasteiger partial charge in [0, 0.05) is 0 Å². The van der Waals surface area contributed by atoms with Gasteiger partial charge < -0.3 is 20.9 Å². The van der Waals surface area contributed by atoms with Crippen molar-refractivity contribution in [2.24, 2.45) is 21.7 Å². The van der Waals surface area contributed by atoms with Gasteiger partial charge in [0.15, 0.2) is 11.5 Å². The molecule has 0 aromatic heterocycles. The van der Waals surface area contributed by atoms with Crippen molar-refractivity contribution in [2.45, 2.75) is 0 Å². The monoisotopic (exact) mass is 312 g/mol. The molecule has 0 aliphatic heterocycles. The van der Waals surface area contributed by atoms with E-state index in [1.54, 1.807) is 42.5 Å². The van der Waals surface area contributed by atoms with Gasteiger partial charge in [-0.2, -0.15) is 5.10 Å². The highest BCUT2D eigenvalue weighted by Gasteiger charge is 2.12. The zero-order chi connectivity index (χ0) is 16.7. The number of ether oxygens (including phenoxy) is 2. The fourth-order valence-electron chi connectivity index (χ4n) is 1.74. The molecule has 0 spiro atoms.